The highest BCUT2D eigenvalue weighted by atomic mass is 32.2. The van der Waals surface area contributed by atoms with Crippen molar-refractivity contribution in [2.75, 3.05) is 41.7 Å². The number of rotatable bonds is 10. The second-order valence-electron chi connectivity index (χ2n) is 10.2. The second-order valence-corrected chi connectivity index (χ2v) is 11.2. The molecule has 0 saturated carbocycles. The smallest absolute Gasteiger partial charge is 0.416 e. The number of carbonyl (C=O) groups excluding carboxylic acids is 1. The number of aromatic nitrogens is 2. The summed E-state index contributed by atoms with van der Waals surface area (Å²) >= 11 is 1.37. The molecule has 1 unspecified atom stereocenters. The average molecular weight is 622 g/mol. The molecule has 5 rings (SSSR count). The van der Waals surface area contributed by atoms with Gasteiger partial charge in [0.2, 0.25) is 0 Å². The summed E-state index contributed by atoms with van der Waals surface area (Å²) in [5.74, 6) is -0.701. The molecule has 0 spiro atoms. The highest BCUT2D eigenvalue weighted by molar-refractivity contribution is 7.98. The summed E-state index contributed by atoms with van der Waals surface area (Å²) in [6, 6.07) is 24.2. The summed E-state index contributed by atoms with van der Waals surface area (Å²) in [5.41, 5.74) is 1.52. The monoisotopic (exact) mass is 621 g/mol. The first-order chi connectivity index (χ1) is 21.2. The Bertz CT molecular complexity index is 1570. The molecule has 8 nitrogen and oxygen atoms in total. The van der Waals surface area contributed by atoms with E-state index in [1.54, 1.807) is 0 Å². The predicted octanol–water partition coefficient (Wildman–Crippen LogP) is 5.61. The Balaban J connectivity index is 1.37. The Labute approximate surface area is 256 Å². The van der Waals surface area contributed by atoms with Gasteiger partial charge in [-0.2, -0.15) is 24.9 Å². The number of carboxylic acid groups (broad SMARTS) is 1. The lowest BCUT2D eigenvalue weighted by Gasteiger charge is -2.36. The van der Waals surface area contributed by atoms with Crippen molar-refractivity contribution in [3.63, 3.8) is 0 Å². The quantitative estimate of drug-likeness (QED) is 0.236. The molecule has 0 bridgehead atoms. The number of nitrogens with one attached hydrogen (secondary N) is 1. The number of alkyl halides is 3. The topological polar surface area (TPSA) is 98.7 Å². The average Bonchev–Trinajstić information content (AvgIpc) is 3.04. The lowest BCUT2D eigenvalue weighted by molar-refractivity contribution is -0.139. The summed E-state index contributed by atoms with van der Waals surface area (Å²) in [6.07, 6.45) is -4.50. The van der Waals surface area contributed by atoms with Crippen molar-refractivity contribution in [3.8, 4) is 11.4 Å². The van der Waals surface area contributed by atoms with Crippen LogP contribution in [0.5, 0.6) is 0 Å². The fourth-order valence-electron chi connectivity index (χ4n) is 4.76. The molecule has 228 valence electrons. The molecule has 1 aliphatic rings. The number of aliphatic carboxylic acids is 1. The Morgan fingerprint density at radius 1 is 0.864 bits per heavy atom. The van der Waals surface area contributed by atoms with Gasteiger partial charge in [-0.05, 0) is 29.8 Å². The summed E-state index contributed by atoms with van der Waals surface area (Å²) in [6.45, 7) is 2.52. The highest BCUT2D eigenvalue weighted by Crippen LogP contribution is 2.31. The van der Waals surface area contributed by atoms with Crippen LogP contribution < -0.4 is 15.1 Å². The zero-order valence-corrected chi connectivity index (χ0v) is 24.4. The molecular formula is C32H30F3N5O3S. The number of halogens is 3. The fraction of sp³-hybridized carbons (Fsp3) is 0.250. The summed E-state index contributed by atoms with van der Waals surface area (Å²) < 4.78 is 39.5. The number of thioether (sulfide) groups is 1. The summed E-state index contributed by atoms with van der Waals surface area (Å²) in [7, 11) is 0. The van der Waals surface area contributed by atoms with Crippen LogP contribution in [0.15, 0.2) is 91.0 Å². The van der Waals surface area contributed by atoms with Crippen molar-refractivity contribution < 1.29 is 27.9 Å². The van der Waals surface area contributed by atoms with Crippen LogP contribution in [0.3, 0.4) is 0 Å². The van der Waals surface area contributed by atoms with Crippen molar-refractivity contribution in [3.05, 3.63) is 108 Å². The standard InChI is InChI=1S/C32H30F3N5O3S/c33-32(34,35)24-13-11-23(12-14-24)29-36-26(30(41)37-27(31(42)43)21-44-20-22-7-3-1-4-8-22)19-28(38-29)40-17-15-39(16-18-40)25-9-5-2-6-10-25/h1-14,19,27H,15-18,20-21H2,(H,37,41)(H,42,43). The minimum Gasteiger partial charge on any atom is -0.480 e. The largest absolute Gasteiger partial charge is 0.480 e. The molecule has 4 aromatic rings. The van der Waals surface area contributed by atoms with Crippen LogP contribution >= 0.6 is 11.8 Å². The van der Waals surface area contributed by atoms with Gasteiger partial charge in [0.05, 0.1) is 5.56 Å². The third kappa shape index (κ3) is 7.87. The maximum absolute atomic E-state index is 13.4. The molecule has 0 aliphatic carbocycles. The van der Waals surface area contributed by atoms with E-state index in [1.165, 1.54) is 30.0 Å². The minimum atomic E-state index is -4.50. The number of benzene rings is 3. The van der Waals surface area contributed by atoms with Crippen molar-refractivity contribution in [1.82, 2.24) is 15.3 Å². The number of carbonyl (C=O) groups is 2. The van der Waals surface area contributed by atoms with Gasteiger partial charge in [-0.3, -0.25) is 4.79 Å². The van der Waals surface area contributed by atoms with E-state index >= 15 is 0 Å². The van der Waals surface area contributed by atoms with Gasteiger partial charge >= 0.3 is 12.1 Å². The number of para-hydroxylation sites is 1. The van der Waals surface area contributed by atoms with Crippen molar-refractivity contribution in [2.45, 2.75) is 18.0 Å². The molecule has 3 aromatic carbocycles. The highest BCUT2D eigenvalue weighted by Gasteiger charge is 2.30. The van der Waals surface area contributed by atoms with Gasteiger partial charge in [0.1, 0.15) is 17.6 Å². The van der Waals surface area contributed by atoms with E-state index in [2.05, 4.69) is 20.2 Å². The zero-order valence-electron chi connectivity index (χ0n) is 23.6. The van der Waals surface area contributed by atoms with Crippen LogP contribution in [-0.4, -0.2) is 64.9 Å². The minimum absolute atomic E-state index is 0.0668. The Morgan fingerprint density at radius 2 is 1.48 bits per heavy atom. The molecule has 44 heavy (non-hydrogen) atoms. The molecule has 1 atom stereocenters. The van der Waals surface area contributed by atoms with Gasteiger partial charge in [0.25, 0.3) is 5.91 Å². The molecule has 1 saturated heterocycles. The number of nitrogens with zero attached hydrogens (tertiary/aromatic N) is 4. The van der Waals surface area contributed by atoms with Crippen LogP contribution in [0.1, 0.15) is 21.6 Å². The molecule has 1 aliphatic heterocycles. The zero-order chi connectivity index (χ0) is 31.1. The van der Waals surface area contributed by atoms with E-state index in [-0.39, 0.29) is 17.3 Å². The molecule has 2 heterocycles. The molecular weight excluding hydrogens is 591 g/mol. The molecule has 2 N–H and O–H groups in total. The third-order valence-electron chi connectivity index (χ3n) is 7.14. The van der Waals surface area contributed by atoms with Crippen LogP contribution in [0.2, 0.25) is 0 Å². The Kier molecular flexibility index (Phi) is 9.69. The van der Waals surface area contributed by atoms with Gasteiger partial charge in [0, 0.05) is 55.0 Å². The van der Waals surface area contributed by atoms with E-state index in [0.717, 1.165) is 23.4 Å². The Morgan fingerprint density at radius 3 is 2.09 bits per heavy atom. The number of anilines is 2. The number of carboxylic acids is 1. The van der Waals surface area contributed by atoms with Crippen molar-refractivity contribution in [2.24, 2.45) is 0 Å². The van der Waals surface area contributed by atoms with Gasteiger partial charge in [0.15, 0.2) is 5.82 Å². The first-order valence-electron chi connectivity index (χ1n) is 13.9. The number of hydrogen-bond donors (Lipinski definition) is 2. The molecule has 1 aromatic heterocycles. The third-order valence-corrected chi connectivity index (χ3v) is 8.25. The van der Waals surface area contributed by atoms with Crippen LogP contribution in [0.25, 0.3) is 11.4 Å². The summed E-state index contributed by atoms with van der Waals surface area (Å²) in [5, 5.41) is 12.4. The summed E-state index contributed by atoms with van der Waals surface area (Å²) in [4.78, 5) is 38.6. The van der Waals surface area contributed by atoms with Crippen LogP contribution in [0.4, 0.5) is 24.7 Å². The predicted molar refractivity (Wildman–Crippen MR) is 165 cm³/mol. The van der Waals surface area contributed by atoms with E-state index in [9.17, 15) is 27.9 Å². The van der Waals surface area contributed by atoms with Gasteiger partial charge in [-0.25, -0.2) is 14.8 Å². The Hall–Kier alpha value is -4.58. The van der Waals surface area contributed by atoms with E-state index in [0.29, 0.717) is 43.3 Å². The van der Waals surface area contributed by atoms with Gasteiger partial charge in [-0.1, -0.05) is 60.7 Å². The first kappa shape index (κ1) is 30.9. The van der Waals surface area contributed by atoms with Gasteiger partial charge < -0.3 is 20.2 Å². The van der Waals surface area contributed by atoms with Crippen molar-refractivity contribution >= 4 is 35.1 Å². The van der Waals surface area contributed by atoms with Gasteiger partial charge in [-0.15, -0.1) is 0 Å². The molecule has 0 radical (unpaired) electrons. The maximum atomic E-state index is 13.4. The number of amides is 1. The maximum Gasteiger partial charge on any atom is 0.416 e. The van der Waals surface area contributed by atoms with Crippen LogP contribution in [0, 0.1) is 0 Å². The molecule has 12 heteroatoms. The number of hydrogen-bond acceptors (Lipinski definition) is 7. The normalized spacial score (nSPS) is 14.2. The fourth-order valence-corrected chi connectivity index (χ4v) is 5.77. The number of piperazine rings is 1. The van der Waals surface area contributed by atoms with Crippen molar-refractivity contribution in [1.29, 1.82) is 0 Å². The molecule has 1 fully saturated rings. The van der Waals surface area contributed by atoms with E-state index in [4.69, 9.17) is 0 Å². The van der Waals surface area contributed by atoms with Crippen LogP contribution in [-0.2, 0) is 16.7 Å². The lowest BCUT2D eigenvalue weighted by Crippen LogP contribution is -2.47. The first-order valence-corrected chi connectivity index (χ1v) is 15.1. The SMILES string of the molecule is O=C(NC(CSCc1ccccc1)C(=O)O)c1cc(N2CCN(c3ccccc3)CC2)nc(-c2ccc(C(F)(F)F)cc2)n1. The van der Waals surface area contributed by atoms with E-state index < -0.39 is 29.7 Å². The lowest BCUT2D eigenvalue weighted by atomic mass is 10.1. The van der Waals surface area contributed by atoms with E-state index in [1.807, 2.05) is 65.6 Å². The second kappa shape index (κ2) is 13.8. The molecule has 1 amide bonds.